The lowest BCUT2D eigenvalue weighted by Crippen LogP contribution is -2.49. The highest BCUT2D eigenvalue weighted by Gasteiger charge is 2.25. The molecule has 2 atom stereocenters. The highest BCUT2D eigenvalue weighted by atomic mass is 32.1. The van der Waals surface area contributed by atoms with Gasteiger partial charge in [0, 0.05) is 26.4 Å². The predicted molar refractivity (Wildman–Crippen MR) is 146 cm³/mol. The van der Waals surface area contributed by atoms with Crippen LogP contribution in [0.2, 0.25) is 0 Å². The number of carbonyl (C=O) groups is 3. The van der Waals surface area contributed by atoms with Crippen molar-refractivity contribution >= 4 is 39.3 Å². The van der Waals surface area contributed by atoms with Crippen LogP contribution in [0.15, 0.2) is 30.4 Å². The maximum absolute atomic E-state index is 13.2. The van der Waals surface area contributed by atoms with E-state index in [1.807, 2.05) is 6.07 Å². The molecule has 0 spiro atoms. The second-order valence-electron chi connectivity index (χ2n) is 9.87. The number of fused-ring (bicyclic) bond motifs is 1. The molecule has 1 fully saturated rings. The largest absolute Gasteiger partial charge is 0.354 e. The monoisotopic (exact) mass is 523 g/mol. The van der Waals surface area contributed by atoms with E-state index >= 15 is 0 Å². The molecule has 2 aromatic rings. The van der Waals surface area contributed by atoms with E-state index in [-0.39, 0.29) is 23.3 Å². The minimum Gasteiger partial charge on any atom is -0.354 e. The molecule has 1 saturated carbocycles. The Hall–Kier alpha value is -3.25. The van der Waals surface area contributed by atoms with Gasteiger partial charge in [0.05, 0.1) is 15.2 Å². The predicted octanol–water partition coefficient (Wildman–Crippen LogP) is 3.80. The summed E-state index contributed by atoms with van der Waals surface area (Å²) in [5.74, 6) is -0.481. The summed E-state index contributed by atoms with van der Waals surface area (Å²) in [6, 6.07) is 7.20. The fraction of sp³-hybridized carbons (Fsp3) is 0.536. The number of aryl methyl sites for hydroxylation is 1. The van der Waals surface area contributed by atoms with Gasteiger partial charge in [0.1, 0.15) is 17.7 Å². The Balaban J connectivity index is 1.66. The Kier molecular flexibility index (Phi) is 10.6. The molecule has 0 saturated heterocycles. The first-order chi connectivity index (χ1) is 17.8. The number of amides is 3. The SMILES string of the molecule is C=C(C#N)C(=O)NCC(CNC(=O)[C@H](Cc1nc2ccc(CC)cc2s1)NC(C)=O)CC1CCCCC1. The lowest BCUT2D eigenvalue weighted by atomic mass is 9.82. The van der Waals surface area contributed by atoms with Crippen LogP contribution in [0.3, 0.4) is 0 Å². The summed E-state index contributed by atoms with van der Waals surface area (Å²) in [4.78, 5) is 41.8. The first kappa shape index (κ1) is 28.3. The van der Waals surface area contributed by atoms with Crippen molar-refractivity contribution in [3.63, 3.8) is 0 Å². The summed E-state index contributed by atoms with van der Waals surface area (Å²) in [6.45, 7) is 7.68. The number of benzene rings is 1. The molecule has 0 radical (unpaired) electrons. The van der Waals surface area contributed by atoms with Crippen LogP contribution in [0.1, 0.15) is 62.9 Å². The van der Waals surface area contributed by atoms with Crippen LogP contribution in [0.25, 0.3) is 10.2 Å². The molecule has 1 aliphatic carbocycles. The second-order valence-corrected chi connectivity index (χ2v) is 11.0. The number of thiazole rings is 1. The number of nitrogens with one attached hydrogen (secondary N) is 3. The Bertz CT molecular complexity index is 1160. The maximum atomic E-state index is 13.2. The van der Waals surface area contributed by atoms with Crippen LogP contribution >= 0.6 is 11.3 Å². The fourth-order valence-electron chi connectivity index (χ4n) is 4.85. The van der Waals surface area contributed by atoms with Crippen molar-refractivity contribution < 1.29 is 14.4 Å². The number of aromatic nitrogens is 1. The number of carbonyl (C=O) groups excluding carboxylic acids is 3. The Morgan fingerprint density at radius 1 is 1.19 bits per heavy atom. The van der Waals surface area contributed by atoms with E-state index in [2.05, 4.69) is 46.6 Å². The zero-order valence-electron chi connectivity index (χ0n) is 21.8. The molecule has 3 N–H and O–H groups in total. The van der Waals surface area contributed by atoms with Crippen LogP contribution in [0, 0.1) is 23.2 Å². The molecule has 37 heavy (non-hydrogen) atoms. The van der Waals surface area contributed by atoms with E-state index in [1.54, 1.807) is 6.07 Å². The van der Waals surface area contributed by atoms with E-state index in [9.17, 15) is 14.4 Å². The number of hydrogen-bond acceptors (Lipinski definition) is 6. The third-order valence-corrected chi connectivity index (χ3v) is 7.94. The van der Waals surface area contributed by atoms with Crippen molar-refractivity contribution in [2.45, 2.75) is 71.3 Å². The summed E-state index contributed by atoms with van der Waals surface area (Å²) in [5, 5.41) is 18.3. The van der Waals surface area contributed by atoms with Gasteiger partial charge in [-0.05, 0) is 42.4 Å². The molecular weight excluding hydrogens is 486 g/mol. The third-order valence-electron chi connectivity index (χ3n) is 6.89. The summed E-state index contributed by atoms with van der Waals surface area (Å²) in [6.07, 6.45) is 8.07. The molecule has 3 amide bonds. The topological polar surface area (TPSA) is 124 Å². The average molecular weight is 524 g/mol. The van der Waals surface area contributed by atoms with Gasteiger partial charge in [0.25, 0.3) is 5.91 Å². The van der Waals surface area contributed by atoms with Crippen molar-refractivity contribution in [2.75, 3.05) is 13.1 Å². The third kappa shape index (κ3) is 8.67. The molecule has 0 aliphatic heterocycles. The Morgan fingerprint density at radius 3 is 2.59 bits per heavy atom. The minimum absolute atomic E-state index is 0.00962. The highest BCUT2D eigenvalue weighted by Crippen LogP contribution is 2.29. The van der Waals surface area contributed by atoms with Crippen molar-refractivity contribution in [1.29, 1.82) is 5.26 Å². The lowest BCUT2D eigenvalue weighted by molar-refractivity contribution is -0.128. The molecule has 1 unspecified atom stereocenters. The molecule has 1 aromatic carbocycles. The van der Waals surface area contributed by atoms with Crippen LogP contribution < -0.4 is 16.0 Å². The number of nitriles is 1. The van der Waals surface area contributed by atoms with Crippen molar-refractivity contribution in [3.8, 4) is 6.07 Å². The molecule has 1 aliphatic rings. The van der Waals surface area contributed by atoms with Crippen molar-refractivity contribution in [1.82, 2.24) is 20.9 Å². The first-order valence-electron chi connectivity index (χ1n) is 13.1. The van der Waals surface area contributed by atoms with Crippen LogP contribution in [0.4, 0.5) is 0 Å². The summed E-state index contributed by atoms with van der Waals surface area (Å²) in [7, 11) is 0. The van der Waals surface area contributed by atoms with Gasteiger partial charge in [-0.15, -0.1) is 11.3 Å². The number of rotatable bonds is 12. The number of nitrogens with zero attached hydrogens (tertiary/aromatic N) is 2. The van der Waals surface area contributed by atoms with Gasteiger partial charge in [-0.2, -0.15) is 5.26 Å². The molecule has 9 heteroatoms. The van der Waals surface area contributed by atoms with Crippen LogP contribution in [-0.4, -0.2) is 41.8 Å². The van der Waals surface area contributed by atoms with E-state index in [4.69, 9.17) is 5.26 Å². The quantitative estimate of drug-likeness (QED) is 0.288. The van der Waals surface area contributed by atoms with Gasteiger partial charge in [-0.3, -0.25) is 14.4 Å². The zero-order chi connectivity index (χ0) is 26.8. The average Bonchev–Trinajstić information content (AvgIpc) is 3.30. The second kappa shape index (κ2) is 13.9. The van der Waals surface area contributed by atoms with Gasteiger partial charge in [-0.25, -0.2) is 4.98 Å². The summed E-state index contributed by atoms with van der Waals surface area (Å²) >= 11 is 1.54. The maximum Gasteiger partial charge on any atom is 0.261 e. The van der Waals surface area contributed by atoms with E-state index in [1.165, 1.54) is 43.1 Å². The van der Waals surface area contributed by atoms with Gasteiger partial charge in [0.15, 0.2) is 0 Å². The number of hydrogen-bond donors (Lipinski definition) is 3. The van der Waals surface area contributed by atoms with Gasteiger partial charge < -0.3 is 16.0 Å². The fourth-order valence-corrected chi connectivity index (χ4v) is 5.93. The molecule has 1 heterocycles. The molecule has 3 rings (SSSR count). The van der Waals surface area contributed by atoms with Crippen molar-refractivity contribution in [2.24, 2.45) is 11.8 Å². The molecule has 0 bridgehead atoms. The summed E-state index contributed by atoms with van der Waals surface area (Å²) < 4.78 is 1.07. The van der Waals surface area contributed by atoms with Crippen LogP contribution in [-0.2, 0) is 27.2 Å². The molecule has 1 aromatic heterocycles. The van der Waals surface area contributed by atoms with E-state index in [0.29, 0.717) is 25.4 Å². The zero-order valence-corrected chi connectivity index (χ0v) is 22.6. The Morgan fingerprint density at radius 2 is 1.92 bits per heavy atom. The normalized spacial score (nSPS) is 15.4. The minimum atomic E-state index is -0.744. The molecular formula is C28H37N5O3S. The van der Waals surface area contributed by atoms with Gasteiger partial charge in [-0.1, -0.05) is 51.7 Å². The smallest absolute Gasteiger partial charge is 0.261 e. The summed E-state index contributed by atoms with van der Waals surface area (Å²) in [5.41, 5.74) is 1.99. The van der Waals surface area contributed by atoms with E-state index in [0.717, 1.165) is 40.9 Å². The lowest BCUT2D eigenvalue weighted by Gasteiger charge is -2.27. The van der Waals surface area contributed by atoms with Gasteiger partial charge >= 0.3 is 0 Å². The molecule has 8 nitrogen and oxygen atoms in total. The highest BCUT2D eigenvalue weighted by molar-refractivity contribution is 7.18. The standard InChI is InChI=1S/C28H37N5O3S/c1-4-20-10-11-23-25(13-20)37-26(33-23)14-24(32-19(3)34)28(36)31-17-22(12-21-8-6-5-7-9-21)16-30-27(35)18(2)15-29/h10-11,13,21-22,24H,2,4-9,12,14,16-17H2,1,3H3,(H,30,35)(H,31,36)(H,32,34)/t22?,24-/m0/s1. The molecule has 198 valence electrons. The van der Waals surface area contributed by atoms with Gasteiger partial charge in [0.2, 0.25) is 11.8 Å². The van der Waals surface area contributed by atoms with Crippen molar-refractivity contribution in [3.05, 3.63) is 40.9 Å². The Labute approximate surface area is 222 Å². The van der Waals surface area contributed by atoms with Crippen LogP contribution in [0.5, 0.6) is 0 Å². The van der Waals surface area contributed by atoms with E-state index < -0.39 is 11.9 Å². The first-order valence-corrected chi connectivity index (χ1v) is 13.9.